The van der Waals surface area contributed by atoms with E-state index in [9.17, 15) is 0 Å². The Morgan fingerprint density at radius 1 is 1.50 bits per heavy atom. The van der Waals surface area contributed by atoms with Crippen LogP contribution in [0.4, 0.5) is 0 Å². The minimum Gasteiger partial charge on any atom is -0.387 e. The molecule has 0 atom stereocenters. The zero-order valence-corrected chi connectivity index (χ0v) is 7.85. The lowest BCUT2D eigenvalue weighted by molar-refractivity contribution is 0.810. The molecule has 0 amide bonds. The lowest BCUT2D eigenvalue weighted by Crippen LogP contribution is -2.12. The Hall–Kier alpha value is -1.89. The smallest absolute Gasteiger partial charge is 0.208 e. The van der Waals surface area contributed by atoms with Crippen LogP contribution in [0.5, 0.6) is 0 Å². The van der Waals surface area contributed by atoms with Crippen LogP contribution in [0, 0.1) is 0 Å². The van der Waals surface area contributed by atoms with E-state index in [2.05, 4.69) is 20.3 Å². The second kappa shape index (κ2) is 3.46. The highest BCUT2D eigenvalue weighted by Gasteiger charge is 2.04. The Morgan fingerprint density at radius 2 is 2.36 bits per heavy atom. The van der Waals surface area contributed by atoms with Crippen molar-refractivity contribution in [3.63, 3.8) is 0 Å². The monoisotopic (exact) mass is 206 g/mol. The zero-order chi connectivity index (χ0) is 9.97. The highest BCUT2D eigenvalue weighted by Crippen LogP contribution is 1.99. The first-order chi connectivity index (χ1) is 6.77. The van der Waals surface area contributed by atoms with E-state index in [0.29, 0.717) is 11.6 Å². The summed E-state index contributed by atoms with van der Waals surface area (Å²) < 4.78 is 1.46. The Balaban J connectivity index is 2.39. The van der Waals surface area contributed by atoms with Crippen molar-refractivity contribution in [1.29, 1.82) is 0 Å². The van der Waals surface area contributed by atoms with Crippen LogP contribution in [-0.2, 0) is 0 Å². The summed E-state index contributed by atoms with van der Waals surface area (Å²) in [5.41, 5.74) is 5.36. The molecule has 0 aliphatic rings. The van der Waals surface area contributed by atoms with Gasteiger partial charge in [-0.3, -0.25) is 0 Å². The summed E-state index contributed by atoms with van der Waals surface area (Å²) >= 11 is 4.73. The van der Waals surface area contributed by atoms with Crippen molar-refractivity contribution in [3.8, 4) is 5.82 Å². The normalized spacial score (nSPS) is 10.0. The molecule has 14 heavy (non-hydrogen) atoms. The summed E-state index contributed by atoms with van der Waals surface area (Å²) in [6, 6.07) is 3.51. The summed E-state index contributed by atoms with van der Waals surface area (Å²) in [5, 5.41) is 11.6. The largest absolute Gasteiger partial charge is 0.387 e. The molecule has 0 aliphatic carbocycles. The summed E-state index contributed by atoms with van der Waals surface area (Å²) in [7, 11) is 0. The predicted molar refractivity (Wildman–Crippen MR) is 52.8 cm³/mol. The first-order valence-corrected chi connectivity index (χ1v) is 4.18. The van der Waals surface area contributed by atoms with E-state index in [1.807, 2.05) is 0 Å². The third-order valence-corrected chi connectivity index (χ3v) is 1.69. The summed E-state index contributed by atoms with van der Waals surface area (Å²) in [6.07, 6.45) is 3.06. The minimum atomic E-state index is 0.160. The minimum absolute atomic E-state index is 0.160. The third kappa shape index (κ3) is 1.57. The second-order valence-corrected chi connectivity index (χ2v) is 2.90. The van der Waals surface area contributed by atoms with Crippen LogP contribution in [0.15, 0.2) is 24.7 Å². The molecule has 2 heterocycles. The van der Waals surface area contributed by atoms with Crippen molar-refractivity contribution in [2.75, 3.05) is 0 Å². The van der Waals surface area contributed by atoms with Gasteiger partial charge in [0, 0.05) is 6.20 Å². The number of aromatic nitrogens is 5. The molecule has 2 aromatic rings. The van der Waals surface area contributed by atoms with Crippen molar-refractivity contribution in [3.05, 3.63) is 30.5 Å². The highest BCUT2D eigenvalue weighted by atomic mass is 32.1. The topological polar surface area (TPSA) is 82.5 Å². The van der Waals surface area contributed by atoms with Gasteiger partial charge in [-0.1, -0.05) is 12.2 Å². The van der Waals surface area contributed by atoms with Crippen LogP contribution >= 0.6 is 12.2 Å². The van der Waals surface area contributed by atoms with E-state index in [0.717, 1.165) is 0 Å². The van der Waals surface area contributed by atoms with Gasteiger partial charge in [0.05, 0.1) is 0 Å². The Bertz CT molecular complexity index is 450. The average molecular weight is 206 g/mol. The van der Waals surface area contributed by atoms with Gasteiger partial charge in [0.25, 0.3) is 0 Å². The fourth-order valence-corrected chi connectivity index (χ4v) is 0.995. The number of hydrogen-bond donors (Lipinski definition) is 1. The number of rotatable bonds is 2. The molecule has 0 saturated heterocycles. The van der Waals surface area contributed by atoms with E-state index in [-0.39, 0.29) is 4.99 Å². The van der Waals surface area contributed by atoms with Gasteiger partial charge in [-0.25, -0.2) is 9.67 Å². The fraction of sp³-hybridized carbons (Fsp3) is 0. The van der Waals surface area contributed by atoms with Crippen LogP contribution in [0.1, 0.15) is 5.82 Å². The van der Waals surface area contributed by atoms with Gasteiger partial charge in [0.15, 0.2) is 5.82 Å². The number of hydrogen-bond acceptors (Lipinski definition) is 5. The molecule has 0 radical (unpaired) electrons. The Kier molecular flexibility index (Phi) is 2.15. The van der Waals surface area contributed by atoms with Crippen LogP contribution in [-0.4, -0.2) is 30.0 Å². The second-order valence-electron chi connectivity index (χ2n) is 2.46. The first kappa shape index (κ1) is 8.70. The van der Waals surface area contributed by atoms with E-state index >= 15 is 0 Å². The Morgan fingerprint density at radius 3 is 2.93 bits per heavy atom. The van der Waals surface area contributed by atoms with Crippen LogP contribution in [0.25, 0.3) is 5.82 Å². The van der Waals surface area contributed by atoms with Crippen molar-refractivity contribution >= 4 is 17.2 Å². The van der Waals surface area contributed by atoms with Crippen molar-refractivity contribution in [2.24, 2.45) is 5.73 Å². The van der Waals surface area contributed by atoms with Gasteiger partial charge in [0.2, 0.25) is 5.82 Å². The van der Waals surface area contributed by atoms with E-state index in [1.165, 1.54) is 11.0 Å². The lowest BCUT2D eigenvalue weighted by atomic mass is 10.5. The molecular formula is C7H6N6S. The molecular weight excluding hydrogens is 200 g/mol. The van der Waals surface area contributed by atoms with Crippen LogP contribution in [0.2, 0.25) is 0 Å². The van der Waals surface area contributed by atoms with Crippen molar-refractivity contribution in [1.82, 2.24) is 25.0 Å². The predicted octanol–water partition coefficient (Wildman–Crippen LogP) is -0.309. The molecule has 0 unspecified atom stereocenters. The number of thiocarbonyl (C=S) groups is 1. The van der Waals surface area contributed by atoms with E-state index in [1.54, 1.807) is 18.3 Å². The summed E-state index contributed by atoms with van der Waals surface area (Å²) in [4.78, 5) is 4.07. The standard InChI is InChI=1S/C7H6N6S/c8-6(14)7-9-4-13(12-7)5-2-1-3-10-11-5/h1-4H,(H2,8,14). The fourth-order valence-electron chi connectivity index (χ4n) is 0.902. The molecule has 0 saturated carbocycles. The molecule has 0 aromatic carbocycles. The highest BCUT2D eigenvalue weighted by molar-refractivity contribution is 7.80. The van der Waals surface area contributed by atoms with Gasteiger partial charge in [-0.2, -0.15) is 5.10 Å². The maximum atomic E-state index is 5.36. The molecule has 0 aliphatic heterocycles. The maximum absolute atomic E-state index is 5.36. The summed E-state index contributed by atoms with van der Waals surface area (Å²) in [5.74, 6) is 0.896. The molecule has 0 fully saturated rings. The average Bonchev–Trinajstić information content (AvgIpc) is 2.68. The number of nitrogens with zero attached hydrogens (tertiary/aromatic N) is 5. The van der Waals surface area contributed by atoms with E-state index in [4.69, 9.17) is 18.0 Å². The molecule has 70 valence electrons. The maximum Gasteiger partial charge on any atom is 0.208 e. The molecule has 6 nitrogen and oxygen atoms in total. The lowest BCUT2D eigenvalue weighted by Gasteiger charge is -1.94. The SMILES string of the molecule is NC(=S)c1ncn(-c2cccnn2)n1. The van der Waals surface area contributed by atoms with Crippen molar-refractivity contribution < 1.29 is 0 Å². The third-order valence-electron chi connectivity index (χ3n) is 1.51. The van der Waals surface area contributed by atoms with Gasteiger partial charge in [-0.15, -0.1) is 10.2 Å². The summed E-state index contributed by atoms with van der Waals surface area (Å²) in [6.45, 7) is 0. The zero-order valence-electron chi connectivity index (χ0n) is 7.03. The van der Waals surface area contributed by atoms with E-state index < -0.39 is 0 Å². The van der Waals surface area contributed by atoms with Gasteiger partial charge in [-0.05, 0) is 12.1 Å². The van der Waals surface area contributed by atoms with Crippen molar-refractivity contribution in [2.45, 2.75) is 0 Å². The van der Waals surface area contributed by atoms with Crippen LogP contribution in [0.3, 0.4) is 0 Å². The van der Waals surface area contributed by atoms with Gasteiger partial charge >= 0.3 is 0 Å². The molecule has 7 heteroatoms. The number of nitrogens with two attached hydrogens (primary N) is 1. The first-order valence-electron chi connectivity index (χ1n) is 3.77. The molecule has 2 aromatic heterocycles. The molecule has 2 rings (SSSR count). The van der Waals surface area contributed by atoms with Gasteiger partial charge < -0.3 is 5.73 Å². The molecule has 0 spiro atoms. The van der Waals surface area contributed by atoms with Gasteiger partial charge in [0.1, 0.15) is 11.3 Å². The molecule has 2 N–H and O–H groups in total. The quantitative estimate of drug-likeness (QED) is 0.679. The molecule has 0 bridgehead atoms. The Labute approximate surface area is 84.8 Å². The van der Waals surface area contributed by atoms with Crippen LogP contribution < -0.4 is 5.73 Å².